The Balaban J connectivity index is 2.56. The summed E-state index contributed by atoms with van der Waals surface area (Å²) < 4.78 is 7.06. The van der Waals surface area contributed by atoms with Gasteiger partial charge >= 0.3 is 5.69 Å². The summed E-state index contributed by atoms with van der Waals surface area (Å²) in [5.41, 5.74) is 4.87. The fourth-order valence-corrected chi connectivity index (χ4v) is 2.95. The highest BCUT2D eigenvalue weighted by atomic mass is 79.9. The van der Waals surface area contributed by atoms with E-state index >= 15 is 0 Å². The molecule has 0 aromatic carbocycles. The topological polar surface area (TPSA) is 114 Å². The van der Waals surface area contributed by atoms with E-state index in [1.165, 1.54) is 15.5 Å². The fraction of sp³-hybridized carbons (Fsp3) is 0.500. The highest BCUT2D eigenvalue weighted by molar-refractivity contribution is 9.10. The van der Waals surface area contributed by atoms with Gasteiger partial charge < -0.3 is 10.2 Å². The molecule has 3 N–H and O–H groups in total. The third-order valence-corrected chi connectivity index (χ3v) is 4.60. The Morgan fingerprint density at radius 1 is 1.37 bits per heavy atom. The number of furan rings is 1. The molecule has 0 saturated carbocycles. The molecule has 2 aromatic rings. The van der Waals surface area contributed by atoms with Gasteiger partial charge in [0.25, 0.3) is 11.5 Å². The Hall–Kier alpha value is -2.29. The predicted octanol–water partition coefficient (Wildman–Crippen LogP) is 2.97. The molecular formula is C18H25BrN4O4. The van der Waals surface area contributed by atoms with E-state index in [2.05, 4.69) is 20.9 Å². The first-order chi connectivity index (χ1) is 12.8. The number of nitrogens with one attached hydrogen (secondary N) is 1. The van der Waals surface area contributed by atoms with Crippen LogP contribution in [0.3, 0.4) is 0 Å². The number of amides is 1. The minimum Gasteiger partial charge on any atom is -0.444 e. The van der Waals surface area contributed by atoms with Gasteiger partial charge in [0.1, 0.15) is 5.82 Å². The van der Waals surface area contributed by atoms with Crippen molar-refractivity contribution < 1.29 is 9.21 Å². The summed E-state index contributed by atoms with van der Waals surface area (Å²) in [6, 6.07) is 3.12. The molecule has 0 saturated heterocycles. The SMILES string of the molecule is CCCCn1c(N)c(N(CCC(C)C)C(=O)c2ccc(Br)o2)c(=O)[nH]c1=O. The average molecular weight is 441 g/mol. The van der Waals surface area contributed by atoms with Crippen LogP contribution in [0.2, 0.25) is 0 Å². The molecule has 148 valence electrons. The van der Waals surface area contributed by atoms with Crippen molar-refractivity contribution in [2.45, 2.75) is 46.6 Å². The fourth-order valence-electron chi connectivity index (χ4n) is 2.64. The van der Waals surface area contributed by atoms with Crippen LogP contribution in [-0.4, -0.2) is 22.0 Å². The first-order valence-corrected chi connectivity index (χ1v) is 9.75. The Bertz CT molecular complexity index is 913. The lowest BCUT2D eigenvalue weighted by Crippen LogP contribution is -2.41. The van der Waals surface area contributed by atoms with Crippen LogP contribution in [0.15, 0.2) is 30.8 Å². The van der Waals surface area contributed by atoms with Crippen LogP contribution in [0.4, 0.5) is 11.5 Å². The maximum atomic E-state index is 13.0. The molecule has 2 rings (SSSR count). The number of nitrogens with zero attached hydrogens (tertiary/aromatic N) is 2. The van der Waals surface area contributed by atoms with Gasteiger partial charge in [-0.15, -0.1) is 0 Å². The molecule has 0 fully saturated rings. The molecule has 1 amide bonds. The molecule has 2 aromatic heterocycles. The van der Waals surface area contributed by atoms with Crippen molar-refractivity contribution in [2.75, 3.05) is 17.2 Å². The number of carbonyl (C=O) groups excluding carboxylic acids is 1. The number of aromatic nitrogens is 2. The first-order valence-electron chi connectivity index (χ1n) is 8.96. The molecule has 0 spiro atoms. The van der Waals surface area contributed by atoms with Crippen molar-refractivity contribution in [3.63, 3.8) is 0 Å². The largest absolute Gasteiger partial charge is 0.444 e. The Morgan fingerprint density at radius 2 is 2.07 bits per heavy atom. The number of aromatic amines is 1. The number of hydrogen-bond acceptors (Lipinski definition) is 5. The number of unbranched alkanes of at least 4 members (excludes halogenated alkanes) is 1. The predicted molar refractivity (Wildman–Crippen MR) is 108 cm³/mol. The van der Waals surface area contributed by atoms with E-state index in [9.17, 15) is 14.4 Å². The van der Waals surface area contributed by atoms with E-state index in [-0.39, 0.29) is 23.8 Å². The number of carbonyl (C=O) groups is 1. The number of H-pyrrole nitrogens is 1. The van der Waals surface area contributed by atoms with Gasteiger partial charge in [-0.05, 0) is 46.8 Å². The number of nitrogens with two attached hydrogens (primary N) is 1. The van der Waals surface area contributed by atoms with E-state index in [0.29, 0.717) is 23.6 Å². The smallest absolute Gasteiger partial charge is 0.330 e. The molecular weight excluding hydrogens is 416 g/mol. The number of hydrogen-bond donors (Lipinski definition) is 2. The number of anilines is 2. The summed E-state index contributed by atoms with van der Waals surface area (Å²) in [7, 11) is 0. The van der Waals surface area contributed by atoms with Crippen LogP contribution < -0.4 is 21.9 Å². The van der Waals surface area contributed by atoms with Crippen LogP contribution in [0, 0.1) is 5.92 Å². The van der Waals surface area contributed by atoms with Crippen molar-refractivity contribution in [3.05, 3.63) is 43.4 Å². The maximum Gasteiger partial charge on any atom is 0.330 e. The van der Waals surface area contributed by atoms with Crippen LogP contribution in [-0.2, 0) is 6.54 Å². The molecule has 0 aliphatic heterocycles. The normalized spacial score (nSPS) is 11.1. The third kappa shape index (κ3) is 4.91. The van der Waals surface area contributed by atoms with Crippen molar-refractivity contribution >= 4 is 33.3 Å². The molecule has 0 aliphatic carbocycles. The molecule has 0 unspecified atom stereocenters. The van der Waals surface area contributed by atoms with Crippen LogP contribution in [0.1, 0.15) is 50.6 Å². The summed E-state index contributed by atoms with van der Waals surface area (Å²) >= 11 is 3.17. The average Bonchev–Trinajstić information content (AvgIpc) is 3.03. The van der Waals surface area contributed by atoms with E-state index in [4.69, 9.17) is 10.2 Å². The van der Waals surface area contributed by atoms with Crippen molar-refractivity contribution in [2.24, 2.45) is 5.92 Å². The molecule has 0 bridgehead atoms. The van der Waals surface area contributed by atoms with E-state index in [0.717, 1.165) is 12.8 Å². The Morgan fingerprint density at radius 3 is 2.63 bits per heavy atom. The molecule has 2 heterocycles. The van der Waals surface area contributed by atoms with Crippen molar-refractivity contribution in [1.82, 2.24) is 9.55 Å². The summed E-state index contributed by atoms with van der Waals surface area (Å²) in [6.07, 6.45) is 2.23. The zero-order valence-corrected chi connectivity index (χ0v) is 17.3. The van der Waals surface area contributed by atoms with Gasteiger partial charge in [0.15, 0.2) is 16.1 Å². The molecule has 9 heteroatoms. The van der Waals surface area contributed by atoms with Gasteiger partial charge in [-0.1, -0.05) is 27.2 Å². The summed E-state index contributed by atoms with van der Waals surface area (Å²) in [5, 5.41) is 0. The molecule has 27 heavy (non-hydrogen) atoms. The molecule has 0 atom stereocenters. The van der Waals surface area contributed by atoms with Gasteiger partial charge in [-0.25, -0.2) is 4.79 Å². The second-order valence-electron chi connectivity index (χ2n) is 6.74. The molecule has 0 radical (unpaired) electrons. The molecule has 8 nitrogen and oxygen atoms in total. The molecule has 0 aliphatic rings. The second-order valence-corrected chi connectivity index (χ2v) is 7.52. The third-order valence-electron chi connectivity index (χ3n) is 4.18. The van der Waals surface area contributed by atoms with Gasteiger partial charge in [-0.3, -0.25) is 24.0 Å². The highest BCUT2D eigenvalue weighted by Gasteiger charge is 2.27. The standard InChI is InChI=1S/C18H25BrN4O4/c1-4-5-9-23-15(20)14(16(24)21-18(23)26)22(10-8-11(2)3)17(25)12-6-7-13(19)27-12/h6-7,11H,4-5,8-10,20H2,1-3H3,(H,21,24,26). The lowest BCUT2D eigenvalue weighted by atomic mass is 10.1. The second kappa shape index (κ2) is 9.07. The van der Waals surface area contributed by atoms with Crippen LogP contribution in [0.25, 0.3) is 0 Å². The van der Waals surface area contributed by atoms with Crippen molar-refractivity contribution in [1.29, 1.82) is 0 Å². The maximum absolute atomic E-state index is 13.0. The summed E-state index contributed by atoms with van der Waals surface area (Å²) in [5.74, 6) is -0.121. The lowest BCUT2D eigenvalue weighted by Gasteiger charge is -2.24. The van der Waals surface area contributed by atoms with Gasteiger partial charge in [0, 0.05) is 13.1 Å². The van der Waals surface area contributed by atoms with Crippen LogP contribution in [0.5, 0.6) is 0 Å². The van der Waals surface area contributed by atoms with E-state index in [1.807, 2.05) is 20.8 Å². The number of nitrogen functional groups attached to an aromatic ring is 1. The van der Waals surface area contributed by atoms with Crippen LogP contribution >= 0.6 is 15.9 Å². The lowest BCUT2D eigenvalue weighted by molar-refractivity contribution is 0.0957. The monoisotopic (exact) mass is 440 g/mol. The zero-order valence-electron chi connectivity index (χ0n) is 15.8. The Labute approximate surface area is 165 Å². The minimum absolute atomic E-state index is 0.0140. The van der Waals surface area contributed by atoms with Gasteiger partial charge in [0.05, 0.1) is 0 Å². The van der Waals surface area contributed by atoms with E-state index in [1.54, 1.807) is 6.07 Å². The van der Waals surface area contributed by atoms with Crippen molar-refractivity contribution in [3.8, 4) is 0 Å². The summed E-state index contributed by atoms with van der Waals surface area (Å²) in [6.45, 7) is 6.66. The first kappa shape index (κ1) is 21.0. The zero-order chi connectivity index (χ0) is 20.1. The van der Waals surface area contributed by atoms with E-state index < -0.39 is 17.2 Å². The minimum atomic E-state index is -0.687. The van der Waals surface area contributed by atoms with Gasteiger partial charge in [-0.2, -0.15) is 0 Å². The highest BCUT2D eigenvalue weighted by Crippen LogP contribution is 2.23. The van der Waals surface area contributed by atoms with Gasteiger partial charge in [0.2, 0.25) is 0 Å². The quantitative estimate of drug-likeness (QED) is 0.654. The Kier molecular flexibility index (Phi) is 7.06. The summed E-state index contributed by atoms with van der Waals surface area (Å²) in [4.78, 5) is 41.3. The number of halogens is 1. The number of rotatable bonds is 8.